The van der Waals surface area contributed by atoms with Crippen molar-refractivity contribution in [2.24, 2.45) is 0 Å². The van der Waals surface area contributed by atoms with Crippen LogP contribution in [0.4, 0.5) is 0 Å². The molecule has 0 unspecified atom stereocenters. The van der Waals surface area contributed by atoms with E-state index in [1.54, 1.807) is 0 Å². The van der Waals surface area contributed by atoms with Crippen LogP contribution in [0.15, 0.2) is 18.2 Å². The molecule has 2 rings (SSSR count). The van der Waals surface area contributed by atoms with E-state index in [9.17, 15) is 0 Å². The van der Waals surface area contributed by atoms with Crippen molar-refractivity contribution in [3.8, 4) is 6.07 Å². The maximum atomic E-state index is 8.71. The van der Waals surface area contributed by atoms with Crippen LogP contribution in [-0.4, -0.2) is 4.98 Å². The molecule has 1 heterocycles. The van der Waals surface area contributed by atoms with Gasteiger partial charge >= 0.3 is 0 Å². The molecule has 0 atom stereocenters. The van der Waals surface area contributed by atoms with Crippen LogP contribution in [0.5, 0.6) is 0 Å². The third-order valence-electron chi connectivity index (χ3n) is 2.53. The minimum Gasteiger partial charge on any atom is -0.358 e. The monoisotopic (exact) mass is 184 g/mol. The van der Waals surface area contributed by atoms with E-state index in [0.717, 1.165) is 16.8 Å². The molecule has 0 bridgehead atoms. The average molecular weight is 184 g/mol. The minimum atomic E-state index is 0.481. The quantitative estimate of drug-likeness (QED) is 0.727. The molecule has 2 aromatic rings. The van der Waals surface area contributed by atoms with Crippen LogP contribution in [0, 0.1) is 25.2 Å². The first-order chi connectivity index (χ1) is 6.72. The third kappa shape index (κ3) is 1.27. The van der Waals surface area contributed by atoms with E-state index in [1.165, 1.54) is 10.9 Å². The lowest BCUT2D eigenvalue weighted by Gasteiger charge is -1.94. The lowest BCUT2D eigenvalue weighted by molar-refractivity contribution is 1.19. The highest BCUT2D eigenvalue weighted by molar-refractivity contribution is 5.85. The number of nitriles is 1. The molecule has 0 aliphatic heterocycles. The minimum absolute atomic E-state index is 0.481. The van der Waals surface area contributed by atoms with Gasteiger partial charge in [-0.15, -0.1) is 0 Å². The number of aromatic nitrogens is 1. The fourth-order valence-electron chi connectivity index (χ4n) is 1.81. The lowest BCUT2D eigenvalue weighted by Crippen LogP contribution is -1.82. The van der Waals surface area contributed by atoms with Gasteiger partial charge in [0.2, 0.25) is 0 Å². The van der Waals surface area contributed by atoms with Crippen molar-refractivity contribution in [2.45, 2.75) is 20.3 Å². The number of aryl methyl sites for hydroxylation is 2. The fourth-order valence-corrected chi connectivity index (χ4v) is 1.81. The molecule has 70 valence electrons. The molecule has 0 aliphatic carbocycles. The molecule has 1 aromatic carbocycles. The molecule has 2 nitrogen and oxygen atoms in total. The molecule has 0 fully saturated rings. The van der Waals surface area contributed by atoms with Crippen molar-refractivity contribution in [1.29, 1.82) is 5.26 Å². The van der Waals surface area contributed by atoms with Crippen LogP contribution >= 0.6 is 0 Å². The second-order valence-electron chi connectivity index (χ2n) is 3.61. The third-order valence-corrected chi connectivity index (χ3v) is 2.53. The first-order valence-corrected chi connectivity index (χ1v) is 4.67. The van der Waals surface area contributed by atoms with E-state index < -0.39 is 0 Å². The van der Waals surface area contributed by atoms with Crippen LogP contribution in [0.25, 0.3) is 10.9 Å². The van der Waals surface area contributed by atoms with Crippen molar-refractivity contribution in [3.63, 3.8) is 0 Å². The molecular weight excluding hydrogens is 172 g/mol. The van der Waals surface area contributed by atoms with Crippen molar-refractivity contribution >= 4 is 10.9 Å². The second kappa shape index (κ2) is 3.19. The Bertz CT molecular complexity index is 515. The van der Waals surface area contributed by atoms with Crippen LogP contribution in [0.1, 0.15) is 16.8 Å². The second-order valence-corrected chi connectivity index (χ2v) is 3.61. The number of rotatable bonds is 1. The number of H-pyrrole nitrogens is 1. The molecule has 0 saturated carbocycles. The summed E-state index contributed by atoms with van der Waals surface area (Å²) in [5.74, 6) is 0. The van der Waals surface area contributed by atoms with E-state index in [1.807, 2.05) is 6.92 Å². The highest BCUT2D eigenvalue weighted by atomic mass is 14.7. The average Bonchev–Trinajstić information content (AvgIpc) is 2.43. The number of nitrogens with zero attached hydrogens (tertiary/aromatic N) is 1. The van der Waals surface area contributed by atoms with E-state index >= 15 is 0 Å². The van der Waals surface area contributed by atoms with Gasteiger partial charge in [0.15, 0.2) is 0 Å². The Labute approximate surface area is 83.2 Å². The Morgan fingerprint density at radius 2 is 2.14 bits per heavy atom. The molecule has 0 spiro atoms. The fraction of sp³-hybridized carbons (Fsp3) is 0.250. The van der Waals surface area contributed by atoms with Crippen LogP contribution in [0.2, 0.25) is 0 Å². The van der Waals surface area contributed by atoms with Gasteiger partial charge in [-0.2, -0.15) is 5.26 Å². The van der Waals surface area contributed by atoms with Gasteiger partial charge in [0, 0.05) is 16.6 Å². The summed E-state index contributed by atoms with van der Waals surface area (Å²) < 4.78 is 0. The first kappa shape index (κ1) is 8.83. The Morgan fingerprint density at radius 1 is 1.36 bits per heavy atom. The van der Waals surface area contributed by atoms with Crippen molar-refractivity contribution in [2.75, 3.05) is 0 Å². The maximum absolute atomic E-state index is 8.71. The molecule has 1 aromatic heterocycles. The van der Waals surface area contributed by atoms with Gasteiger partial charge in [0.05, 0.1) is 12.5 Å². The van der Waals surface area contributed by atoms with Gasteiger partial charge in [0.25, 0.3) is 0 Å². The molecule has 0 aliphatic rings. The zero-order valence-electron chi connectivity index (χ0n) is 8.39. The molecular formula is C12H12N2. The molecule has 2 heteroatoms. The summed E-state index contributed by atoms with van der Waals surface area (Å²) in [7, 11) is 0. The highest BCUT2D eigenvalue weighted by Gasteiger charge is 2.07. The summed E-state index contributed by atoms with van der Waals surface area (Å²) >= 11 is 0. The number of hydrogen-bond donors (Lipinski definition) is 1. The predicted octanol–water partition coefficient (Wildman–Crippen LogP) is 2.85. The number of hydrogen-bond acceptors (Lipinski definition) is 1. The summed E-state index contributed by atoms with van der Waals surface area (Å²) in [6, 6.07) is 8.48. The number of fused-ring (bicyclic) bond motifs is 1. The standard InChI is InChI=1S/C12H12N2/c1-8-3-4-11-10(5-6-13)9(2)14-12(11)7-8/h3-4,7,14H,5H2,1-2H3. The number of nitrogens with one attached hydrogen (secondary N) is 1. The van der Waals surface area contributed by atoms with E-state index in [0.29, 0.717) is 6.42 Å². The summed E-state index contributed by atoms with van der Waals surface area (Å²) in [6.45, 7) is 4.08. The molecule has 0 saturated heterocycles. The number of aromatic amines is 1. The van der Waals surface area contributed by atoms with E-state index in [2.05, 4.69) is 36.2 Å². The van der Waals surface area contributed by atoms with Gasteiger partial charge in [-0.3, -0.25) is 0 Å². The Morgan fingerprint density at radius 3 is 2.86 bits per heavy atom. The van der Waals surface area contributed by atoms with Crippen LogP contribution < -0.4 is 0 Å². The summed E-state index contributed by atoms with van der Waals surface area (Å²) in [5.41, 5.74) is 4.60. The van der Waals surface area contributed by atoms with Gasteiger partial charge in [-0.05, 0) is 31.0 Å². The molecule has 14 heavy (non-hydrogen) atoms. The van der Waals surface area contributed by atoms with Crippen LogP contribution in [0.3, 0.4) is 0 Å². The predicted molar refractivity (Wildman–Crippen MR) is 57.1 cm³/mol. The zero-order chi connectivity index (χ0) is 10.1. The van der Waals surface area contributed by atoms with Gasteiger partial charge < -0.3 is 4.98 Å². The summed E-state index contributed by atoms with van der Waals surface area (Å²) in [6.07, 6.45) is 0.481. The van der Waals surface area contributed by atoms with Crippen molar-refractivity contribution in [3.05, 3.63) is 35.0 Å². The van der Waals surface area contributed by atoms with E-state index in [-0.39, 0.29) is 0 Å². The van der Waals surface area contributed by atoms with Gasteiger partial charge in [0.1, 0.15) is 0 Å². The summed E-state index contributed by atoms with van der Waals surface area (Å²) in [4.78, 5) is 3.30. The molecule has 0 amide bonds. The van der Waals surface area contributed by atoms with Crippen LogP contribution in [-0.2, 0) is 6.42 Å². The Kier molecular flexibility index (Phi) is 2.01. The topological polar surface area (TPSA) is 39.6 Å². The van der Waals surface area contributed by atoms with Crippen molar-refractivity contribution in [1.82, 2.24) is 4.98 Å². The zero-order valence-corrected chi connectivity index (χ0v) is 8.39. The highest BCUT2D eigenvalue weighted by Crippen LogP contribution is 2.23. The van der Waals surface area contributed by atoms with E-state index in [4.69, 9.17) is 5.26 Å². The Hall–Kier alpha value is -1.75. The largest absolute Gasteiger partial charge is 0.358 e. The summed E-state index contributed by atoms with van der Waals surface area (Å²) in [5, 5.41) is 9.89. The Balaban J connectivity index is 2.72. The van der Waals surface area contributed by atoms with Gasteiger partial charge in [-0.1, -0.05) is 12.1 Å². The molecule has 1 N–H and O–H groups in total. The smallest absolute Gasteiger partial charge is 0.0670 e. The van der Waals surface area contributed by atoms with Crippen molar-refractivity contribution < 1.29 is 0 Å². The lowest BCUT2D eigenvalue weighted by atomic mass is 10.1. The SMILES string of the molecule is Cc1ccc2c(CC#N)c(C)[nH]c2c1. The van der Waals surface area contributed by atoms with Gasteiger partial charge in [-0.25, -0.2) is 0 Å². The normalized spacial score (nSPS) is 10.4. The number of benzene rings is 1. The molecule has 0 radical (unpaired) electrons. The maximum Gasteiger partial charge on any atom is 0.0670 e. The first-order valence-electron chi connectivity index (χ1n) is 4.67.